The highest BCUT2D eigenvalue weighted by molar-refractivity contribution is 14.0. The summed E-state index contributed by atoms with van der Waals surface area (Å²) < 4.78 is 44.1. The number of carbonyl (C=O) groups excluding carboxylic acids is 1. The molecule has 1 amide bonds. The lowest BCUT2D eigenvalue weighted by Crippen LogP contribution is -2.49. The molecule has 0 radical (unpaired) electrons. The number of ether oxygens (including phenoxy) is 1. The van der Waals surface area contributed by atoms with Crippen molar-refractivity contribution >= 4 is 35.8 Å². The summed E-state index contributed by atoms with van der Waals surface area (Å²) in [4.78, 5) is 16.1. The Morgan fingerprint density at radius 1 is 1.23 bits per heavy atom. The molecule has 0 aliphatic heterocycles. The van der Waals surface area contributed by atoms with Gasteiger partial charge in [0, 0.05) is 32.2 Å². The zero-order valence-electron chi connectivity index (χ0n) is 17.3. The Labute approximate surface area is 192 Å². The van der Waals surface area contributed by atoms with Gasteiger partial charge in [0.05, 0.1) is 12.2 Å². The van der Waals surface area contributed by atoms with E-state index in [0.29, 0.717) is 37.8 Å². The van der Waals surface area contributed by atoms with E-state index in [2.05, 4.69) is 20.9 Å². The first-order valence-electron chi connectivity index (χ1n) is 9.76. The summed E-state index contributed by atoms with van der Waals surface area (Å²) in [6.07, 6.45) is -1.79. The van der Waals surface area contributed by atoms with Gasteiger partial charge in [-0.15, -0.1) is 24.0 Å². The predicted octanol–water partition coefficient (Wildman–Crippen LogP) is 3.06. The Kier molecular flexibility index (Phi) is 10.9. The summed E-state index contributed by atoms with van der Waals surface area (Å²) in [5, 5.41) is 8.95. The normalized spacial score (nSPS) is 15.6. The molecule has 30 heavy (non-hydrogen) atoms. The molecule has 1 aliphatic carbocycles. The highest BCUT2D eigenvalue weighted by Gasteiger charge is 2.40. The summed E-state index contributed by atoms with van der Waals surface area (Å²) in [6.45, 7) is 3.75. The van der Waals surface area contributed by atoms with Crippen LogP contribution in [-0.4, -0.2) is 51.8 Å². The maximum atomic E-state index is 13.1. The molecule has 1 saturated carbocycles. The van der Waals surface area contributed by atoms with Crippen molar-refractivity contribution in [1.82, 2.24) is 16.0 Å². The van der Waals surface area contributed by atoms with E-state index >= 15 is 0 Å². The second kappa shape index (κ2) is 12.3. The van der Waals surface area contributed by atoms with Crippen molar-refractivity contribution in [2.24, 2.45) is 4.99 Å². The zero-order valence-corrected chi connectivity index (χ0v) is 19.6. The van der Waals surface area contributed by atoms with Crippen molar-refractivity contribution in [3.05, 3.63) is 35.4 Å². The molecule has 6 nitrogen and oxygen atoms in total. The second-order valence-corrected chi connectivity index (χ2v) is 7.10. The molecule has 1 aromatic carbocycles. The Morgan fingerprint density at radius 3 is 2.53 bits per heavy atom. The molecule has 0 saturated heterocycles. The lowest BCUT2D eigenvalue weighted by atomic mass is 9.64. The minimum absolute atomic E-state index is 0. The standard InChI is InChI=1S/C20H29F3N4O2.HI/c1-3-24-18(26-13-17(28)25-10-11-29-2)27-14-19(8-5-9-19)15-6-4-7-16(12-15)20(21,22)23;/h4,6-7,12H,3,5,8-11,13-14H2,1-2H3,(H,25,28)(H2,24,26,27);1H. The molecule has 10 heteroatoms. The third-order valence-corrected chi connectivity index (χ3v) is 5.06. The highest BCUT2D eigenvalue weighted by Crippen LogP contribution is 2.44. The van der Waals surface area contributed by atoms with Gasteiger partial charge in [0.25, 0.3) is 0 Å². The molecule has 0 spiro atoms. The monoisotopic (exact) mass is 542 g/mol. The van der Waals surface area contributed by atoms with Crippen LogP contribution in [0, 0.1) is 0 Å². The van der Waals surface area contributed by atoms with Gasteiger partial charge >= 0.3 is 6.18 Å². The molecule has 0 bridgehead atoms. The number of benzene rings is 1. The second-order valence-electron chi connectivity index (χ2n) is 7.10. The number of aliphatic imine (C=N–C) groups is 1. The lowest BCUT2D eigenvalue weighted by Gasteiger charge is -2.43. The van der Waals surface area contributed by atoms with Crippen molar-refractivity contribution in [1.29, 1.82) is 0 Å². The van der Waals surface area contributed by atoms with Gasteiger partial charge in [0.2, 0.25) is 5.91 Å². The van der Waals surface area contributed by atoms with Crippen LogP contribution in [0.5, 0.6) is 0 Å². The smallest absolute Gasteiger partial charge is 0.383 e. The fourth-order valence-corrected chi connectivity index (χ4v) is 3.29. The van der Waals surface area contributed by atoms with Crippen LogP contribution in [0.4, 0.5) is 13.2 Å². The van der Waals surface area contributed by atoms with Crippen LogP contribution in [-0.2, 0) is 21.1 Å². The maximum Gasteiger partial charge on any atom is 0.416 e. The number of amides is 1. The van der Waals surface area contributed by atoms with Crippen molar-refractivity contribution in [3.8, 4) is 0 Å². The third-order valence-electron chi connectivity index (χ3n) is 5.06. The van der Waals surface area contributed by atoms with Gasteiger partial charge in [0.1, 0.15) is 6.54 Å². The molecule has 170 valence electrons. The van der Waals surface area contributed by atoms with Crippen LogP contribution in [0.1, 0.15) is 37.3 Å². The molecule has 0 unspecified atom stereocenters. The number of methoxy groups -OCH3 is 1. The van der Waals surface area contributed by atoms with Gasteiger partial charge in [-0.2, -0.15) is 13.2 Å². The van der Waals surface area contributed by atoms with Gasteiger partial charge in [-0.3, -0.25) is 4.79 Å². The number of hydrogen-bond acceptors (Lipinski definition) is 3. The Hall–Kier alpha value is -1.56. The molecule has 3 N–H and O–H groups in total. The van der Waals surface area contributed by atoms with Crippen LogP contribution in [0.15, 0.2) is 29.3 Å². The van der Waals surface area contributed by atoms with Gasteiger partial charge in [0.15, 0.2) is 5.96 Å². The minimum Gasteiger partial charge on any atom is -0.383 e. The fourth-order valence-electron chi connectivity index (χ4n) is 3.29. The average molecular weight is 542 g/mol. The molecule has 1 aromatic rings. The van der Waals surface area contributed by atoms with Crippen LogP contribution in [0.25, 0.3) is 0 Å². The number of guanidine groups is 1. The third kappa shape index (κ3) is 7.60. The Balaban J connectivity index is 0.00000450. The number of rotatable bonds is 9. The molecule has 0 heterocycles. The van der Waals surface area contributed by atoms with Crippen LogP contribution >= 0.6 is 24.0 Å². The zero-order chi connectivity index (χ0) is 21.3. The largest absolute Gasteiger partial charge is 0.416 e. The number of nitrogens with one attached hydrogen (secondary N) is 3. The topological polar surface area (TPSA) is 74.8 Å². The van der Waals surface area contributed by atoms with E-state index in [1.807, 2.05) is 6.92 Å². The molecule has 1 aliphatic rings. The predicted molar refractivity (Wildman–Crippen MR) is 121 cm³/mol. The van der Waals surface area contributed by atoms with Gasteiger partial charge in [-0.1, -0.05) is 24.6 Å². The molecule has 0 aromatic heterocycles. The number of carbonyl (C=O) groups is 1. The number of nitrogens with zero attached hydrogens (tertiary/aromatic N) is 1. The summed E-state index contributed by atoms with van der Waals surface area (Å²) in [5.41, 5.74) is -0.313. The lowest BCUT2D eigenvalue weighted by molar-refractivity contribution is -0.137. The first kappa shape index (κ1) is 26.5. The summed E-state index contributed by atoms with van der Waals surface area (Å²) in [5.74, 6) is 0.239. The molecule has 0 atom stereocenters. The van der Waals surface area contributed by atoms with E-state index in [1.54, 1.807) is 13.2 Å². The molecular formula is C20H30F3IN4O2. The van der Waals surface area contributed by atoms with E-state index in [0.717, 1.165) is 25.3 Å². The van der Waals surface area contributed by atoms with E-state index in [9.17, 15) is 18.0 Å². The van der Waals surface area contributed by atoms with E-state index in [1.165, 1.54) is 12.1 Å². The summed E-state index contributed by atoms with van der Waals surface area (Å²) in [6, 6.07) is 5.55. The average Bonchev–Trinajstić information content (AvgIpc) is 2.65. The Morgan fingerprint density at radius 2 is 1.97 bits per heavy atom. The molecular weight excluding hydrogens is 512 g/mol. The van der Waals surface area contributed by atoms with E-state index < -0.39 is 11.7 Å². The maximum absolute atomic E-state index is 13.1. The van der Waals surface area contributed by atoms with Crippen molar-refractivity contribution in [2.75, 3.05) is 39.9 Å². The Bertz CT molecular complexity index is 710. The van der Waals surface area contributed by atoms with E-state index in [4.69, 9.17) is 4.74 Å². The number of alkyl halides is 3. The number of halogens is 4. The fraction of sp³-hybridized carbons (Fsp3) is 0.600. The van der Waals surface area contributed by atoms with Crippen molar-refractivity contribution in [3.63, 3.8) is 0 Å². The number of hydrogen-bond donors (Lipinski definition) is 3. The summed E-state index contributed by atoms with van der Waals surface area (Å²) in [7, 11) is 1.55. The van der Waals surface area contributed by atoms with Crippen molar-refractivity contribution < 1.29 is 22.7 Å². The first-order chi connectivity index (χ1) is 13.8. The van der Waals surface area contributed by atoms with Crippen LogP contribution in [0.3, 0.4) is 0 Å². The van der Waals surface area contributed by atoms with Gasteiger partial charge in [-0.25, -0.2) is 4.99 Å². The minimum atomic E-state index is -4.36. The van der Waals surface area contributed by atoms with Gasteiger partial charge in [-0.05, 0) is 31.4 Å². The summed E-state index contributed by atoms with van der Waals surface area (Å²) >= 11 is 0. The van der Waals surface area contributed by atoms with E-state index in [-0.39, 0.29) is 41.8 Å². The first-order valence-corrected chi connectivity index (χ1v) is 9.76. The van der Waals surface area contributed by atoms with Crippen molar-refractivity contribution in [2.45, 2.75) is 37.8 Å². The molecule has 1 fully saturated rings. The van der Waals surface area contributed by atoms with Gasteiger partial charge < -0.3 is 20.7 Å². The SMILES string of the molecule is CCNC(=NCC(=O)NCCOC)NCC1(c2cccc(C(F)(F)F)c2)CCC1.I. The quantitative estimate of drug-likeness (QED) is 0.194. The highest BCUT2D eigenvalue weighted by atomic mass is 127. The van der Waals surface area contributed by atoms with Crippen LogP contribution < -0.4 is 16.0 Å². The molecule has 2 rings (SSSR count). The van der Waals surface area contributed by atoms with Crippen LogP contribution in [0.2, 0.25) is 0 Å².